The topological polar surface area (TPSA) is 18.5 Å². The first-order valence-electron chi connectivity index (χ1n) is 4.17. The molecule has 12 heavy (non-hydrogen) atoms. The zero-order chi connectivity index (χ0) is 8.23. The zero-order valence-corrected chi connectivity index (χ0v) is 6.82. The van der Waals surface area contributed by atoms with E-state index in [-0.39, 0.29) is 0 Å². The molecule has 1 aromatic rings. The summed E-state index contributed by atoms with van der Waals surface area (Å²) in [5, 5.41) is 0. The molecule has 0 N–H and O–H groups in total. The summed E-state index contributed by atoms with van der Waals surface area (Å²) in [7, 11) is 0. The van der Waals surface area contributed by atoms with Gasteiger partial charge in [0.15, 0.2) is 0 Å². The Hall–Kier alpha value is -0.860. The molecule has 1 fully saturated rings. The maximum absolute atomic E-state index is 4.93. The van der Waals surface area contributed by atoms with Gasteiger partial charge in [-0.1, -0.05) is 24.3 Å². The molecule has 1 unspecified atom stereocenters. The van der Waals surface area contributed by atoms with Crippen LogP contribution >= 0.6 is 0 Å². The van der Waals surface area contributed by atoms with Gasteiger partial charge in [-0.05, 0) is 18.1 Å². The van der Waals surface area contributed by atoms with Crippen LogP contribution in [0, 0.1) is 6.07 Å². The van der Waals surface area contributed by atoms with E-state index in [1.807, 2.05) is 12.1 Å². The van der Waals surface area contributed by atoms with Crippen molar-refractivity contribution in [1.82, 2.24) is 0 Å². The molecular weight excluding hydrogens is 152 g/mol. The SMILES string of the molecule is [c]1ccc(C2CCOOC2)cc1. The van der Waals surface area contributed by atoms with E-state index in [2.05, 4.69) is 18.2 Å². The fraction of sp³-hybridized carbons (Fsp3) is 0.400. The molecule has 63 valence electrons. The summed E-state index contributed by atoms with van der Waals surface area (Å²) in [6, 6.07) is 11.0. The molecule has 1 heterocycles. The molecule has 1 saturated heterocycles. The van der Waals surface area contributed by atoms with Gasteiger partial charge in [0.2, 0.25) is 0 Å². The predicted molar refractivity (Wildman–Crippen MR) is 44.5 cm³/mol. The number of benzene rings is 1. The monoisotopic (exact) mass is 163 g/mol. The van der Waals surface area contributed by atoms with E-state index < -0.39 is 0 Å². The average Bonchev–Trinajstić information content (AvgIpc) is 2.21. The van der Waals surface area contributed by atoms with Crippen LogP contribution in [0.25, 0.3) is 0 Å². The van der Waals surface area contributed by atoms with Gasteiger partial charge in [0.05, 0.1) is 13.2 Å². The lowest BCUT2D eigenvalue weighted by atomic mass is 9.97. The first-order valence-corrected chi connectivity index (χ1v) is 4.17. The highest BCUT2D eigenvalue weighted by Gasteiger charge is 2.15. The first kappa shape index (κ1) is 7.77. The molecule has 1 aliphatic heterocycles. The van der Waals surface area contributed by atoms with Crippen LogP contribution in [0.5, 0.6) is 0 Å². The highest BCUT2D eigenvalue weighted by atomic mass is 17.2. The van der Waals surface area contributed by atoms with Gasteiger partial charge in [0.25, 0.3) is 0 Å². The smallest absolute Gasteiger partial charge is 0.0891 e. The van der Waals surface area contributed by atoms with Crippen molar-refractivity contribution in [3.63, 3.8) is 0 Å². The van der Waals surface area contributed by atoms with Crippen molar-refractivity contribution in [3.05, 3.63) is 35.9 Å². The van der Waals surface area contributed by atoms with Gasteiger partial charge >= 0.3 is 0 Å². The third-order valence-electron chi connectivity index (χ3n) is 2.12. The third-order valence-corrected chi connectivity index (χ3v) is 2.12. The first-order chi connectivity index (χ1) is 5.97. The van der Waals surface area contributed by atoms with Gasteiger partial charge in [-0.3, -0.25) is 0 Å². The molecule has 0 saturated carbocycles. The fourth-order valence-corrected chi connectivity index (χ4v) is 1.40. The van der Waals surface area contributed by atoms with Crippen LogP contribution in [-0.2, 0) is 9.78 Å². The molecule has 0 aliphatic carbocycles. The molecule has 0 amide bonds. The van der Waals surface area contributed by atoms with Crippen molar-refractivity contribution in [1.29, 1.82) is 0 Å². The Kier molecular flexibility index (Phi) is 2.39. The van der Waals surface area contributed by atoms with E-state index in [0.29, 0.717) is 19.1 Å². The lowest BCUT2D eigenvalue weighted by Crippen LogP contribution is -2.17. The Morgan fingerprint density at radius 2 is 2.08 bits per heavy atom. The molecule has 2 heteroatoms. The van der Waals surface area contributed by atoms with Crippen LogP contribution in [-0.4, -0.2) is 13.2 Å². The van der Waals surface area contributed by atoms with E-state index >= 15 is 0 Å². The number of rotatable bonds is 1. The minimum absolute atomic E-state index is 0.494. The van der Waals surface area contributed by atoms with Gasteiger partial charge in [0.1, 0.15) is 0 Å². The van der Waals surface area contributed by atoms with Crippen LogP contribution in [0.2, 0.25) is 0 Å². The van der Waals surface area contributed by atoms with Gasteiger partial charge < -0.3 is 0 Å². The van der Waals surface area contributed by atoms with E-state index in [1.54, 1.807) is 0 Å². The average molecular weight is 163 g/mol. The summed E-state index contributed by atoms with van der Waals surface area (Å²) in [6.07, 6.45) is 1.05. The Morgan fingerprint density at radius 1 is 1.25 bits per heavy atom. The second kappa shape index (κ2) is 3.70. The number of hydrogen-bond acceptors (Lipinski definition) is 2. The Balaban J connectivity index is 2.08. The Bertz CT molecular complexity index is 227. The van der Waals surface area contributed by atoms with E-state index in [4.69, 9.17) is 9.78 Å². The second-order valence-corrected chi connectivity index (χ2v) is 2.93. The maximum Gasteiger partial charge on any atom is 0.0891 e. The standard InChI is InChI=1S/C10H11O2/c1-2-4-9(5-3-1)10-6-7-11-12-8-10/h2-5,10H,6-8H2. The molecule has 0 spiro atoms. The fourth-order valence-electron chi connectivity index (χ4n) is 1.40. The molecule has 1 aliphatic rings. The second-order valence-electron chi connectivity index (χ2n) is 2.93. The van der Waals surface area contributed by atoms with Crippen molar-refractivity contribution >= 4 is 0 Å². The lowest BCUT2D eigenvalue weighted by molar-refractivity contribution is -0.317. The molecule has 0 bridgehead atoms. The summed E-state index contributed by atoms with van der Waals surface area (Å²) in [4.78, 5) is 9.74. The van der Waals surface area contributed by atoms with Gasteiger partial charge in [-0.15, -0.1) is 0 Å². The van der Waals surface area contributed by atoms with Crippen molar-refractivity contribution in [3.8, 4) is 0 Å². The molecule has 1 radical (unpaired) electrons. The van der Waals surface area contributed by atoms with Gasteiger partial charge in [0, 0.05) is 5.92 Å². The Morgan fingerprint density at radius 3 is 2.75 bits per heavy atom. The van der Waals surface area contributed by atoms with Crippen LogP contribution in [0.15, 0.2) is 24.3 Å². The summed E-state index contributed by atoms with van der Waals surface area (Å²) in [5.41, 5.74) is 1.32. The highest BCUT2D eigenvalue weighted by molar-refractivity contribution is 5.18. The minimum atomic E-state index is 0.494. The minimum Gasteiger partial charge on any atom is -0.237 e. The zero-order valence-electron chi connectivity index (χ0n) is 6.82. The number of hydrogen-bond donors (Lipinski definition) is 0. The van der Waals surface area contributed by atoms with Crippen molar-refractivity contribution in [2.75, 3.05) is 13.2 Å². The van der Waals surface area contributed by atoms with Crippen molar-refractivity contribution in [2.24, 2.45) is 0 Å². The normalized spacial score (nSPS) is 23.8. The van der Waals surface area contributed by atoms with Crippen LogP contribution < -0.4 is 0 Å². The van der Waals surface area contributed by atoms with Gasteiger partial charge in [-0.2, -0.15) is 0 Å². The summed E-state index contributed by atoms with van der Waals surface area (Å²) in [5.74, 6) is 0.494. The van der Waals surface area contributed by atoms with E-state index in [0.717, 1.165) is 6.42 Å². The molecule has 0 aromatic heterocycles. The molecular formula is C10H11O2. The maximum atomic E-state index is 4.93. The van der Waals surface area contributed by atoms with Crippen LogP contribution in [0.3, 0.4) is 0 Å². The summed E-state index contributed by atoms with van der Waals surface area (Å²) < 4.78 is 0. The van der Waals surface area contributed by atoms with Crippen LogP contribution in [0.1, 0.15) is 17.9 Å². The summed E-state index contributed by atoms with van der Waals surface area (Å²) >= 11 is 0. The largest absolute Gasteiger partial charge is 0.237 e. The Labute approximate surface area is 72.0 Å². The third kappa shape index (κ3) is 1.65. The van der Waals surface area contributed by atoms with Gasteiger partial charge in [-0.25, -0.2) is 9.78 Å². The lowest BCUT2D eigenvalue weighted by Gasteiger charge is -2.21. The molecule has 1 aromatic carbocycles. The molecule has 2 nitrogen and oxygen atoms in total. The highest BCUT2D eigenvalue weighted by Crippen LogP contribution is 2.22. The van der Waals surface area contributed by atoms with E-state index in [1.165, 1.54) is 5.56 Å². The van der Waals surface area contributed by atoms with Crippen molar-refractivity contribution in [2.45, 2.75) is 12.3 Å². The van der Waals surface area contributed by atoms with Crippen LogP contribution in [0.4, 0.5) is 0 Å². The molecule has 1 atom stereocenters. The van der Waals surface area contributed by atoms with E-state index in [9.17, 15) is 0 Å². The quantitative estimate of drug-likeness (QED) is 0.589. The summed E-state index contributed by atoms with van der Waals surface area (Å²) in [6.45, 7) is 1.37. The predicted octanol–water partition coefficient (Wildman–Crippen LogP) is 1.92. The molecule has 2 rings (SSSR count). The van der Waals surface area contributed by atoms with Crippen molar-refractivity contribution < 1.29 is 9.78 Å².